The molecule has 0 aliphatic rings. The van der Waals surface area contributed by atoms with Gasteiger partial charge in [-0.1, -0.05) is 38.5 Å². The Morgan fingerprint density at radius 3 is 1.24 bits per heavy atom. The van der Waals surface area contributed by atoms with E-state index in [4.69, 9.17) is 0 Å². The van der Waals surface area contributed by atoms with Crippen molar-refractivity contribution in [3.63, 3.8) is 0 Å². The molecule has 0 atom stereocenters. The Hall–Kier alpha value is -2.24. The standard InChI is InChI=1S/2C8H10O4.Pb/c2*1-3-4-12-8(11)6(2)5-7(9)10;/h2*3H,1-2,4-5H2,(H,9,10);/q;;+2/p-2. The van der Waals surface area contributed by atoms with Crippen LogP contribution >= 0.6 is 0 Å². The molecule has 0 aromatic rings. The van der Waals surface area contributed by atoms with Crippen molar-refractivity contribution in [3.8, 4) is 0 Å². The molecule has 0 saturated heterocycles. The van der Waals surface area contributed by atoms with E-state index < -0.39 is 36.7 Å². The van der Waals surface area contributed by atoms with Crippen LogP contribution in [0.1, 0.15) is 12.8 Å². The van der Waals surface area contributed by atoms with E-state index in [1.807, 2.05) is 0 Å². The summed E-state index contributed by atoms with van der Waals surface area (Å²) >= 11 is 0. The van der Waals surface area contributed by atoms with E-state index in [0.717, 1.165) is 0 Å². The first kappa shape index (κ1) is 27.6. The summed E-state index contributed by atoms with van der Waals surface area (Å²) in [5.41, 5.74) is -0.256. The van der Waals surface area contributed by atoms with E-state index in [9.17, 15) is 29.4 Å². The van der Waals surface area contributed by atoms with Crippen LogP contribution in [0.2, 0.25) is 0 Å². The van der Waals surface area contributed by atoms with Crippen LogP contribution in [0.25, 0.3) is 0 Å². The second-order valence-electron chi connectivity index (χ2n) is 4.08. The molecular weight excluding hydrogens is 527 g/mol. The van der Waals surface area contributed by atoms with Crippen molar-refractivity contribution >= 4 is 51.2 Å². The Bertz CT molecular complexity index is 488. The molecule has 0 bridgehead atoms. The van der Waals surface area contributed by atoms with Gasteiger partial charge in [-0.15, -0.1) is 0 Å². The minimum Gasteiger partial charge on any atom is -0.550 e. The molecule has 0 aliphatic carbocycles. The number of esters is 2. The van der Waals surface area contributed by atoms with Crippen LogP contribution in [0, 0.1) is 0 Å². The molecule has 0 aromatic carbocycles. The maximum atomic E-state index is 10.8. The SMILES string of the molecule is C=CCOC(=O)C(=C)CC(=O)[O-].C=CCOC(=O)C(=C)CC(=O)[O-].[Pb+2]. The number of rotatable bonds is 10. The van der Waals surface area contributed by atoms with Crippen LogP contribution in [0.5, 0.6) is 0 Å². The van der Waals surface area contributed by atoms with Gasteiger partial charge in [0, 0.05) is 35.9 Å². The average molecular weight is 546 g/mol. The molecule has 0 unspecified atom stereocenters. The maximum absolute atomic E-state index is 10.8. The molecule has 0 aromatic heterocycles. The molecular formula is C16H18O8Pb. The van der Waals surface area contributed by atoms with Gasteiger partial charge in [0.2, 0.25) is 0 Å². The average Bonchev–Trinajstić information content (AvgIpc) is 2.49. The number of carboxylic acids is 2. The molecule has 134 valence electrons. The summed E-state index contributed by atoms with van der Waals surface area (Å²) in [5, 5.41) is 20.0. The first-order valence-electron chi connectivity index (χ1n) is 6.46. The number of carbonyl (C=O) groups excluding carboxylic acids is 4. The molecule has 0 rings (SSSR count). The third kappa shape index (κ3) is 17.9. The second kappa shape index (κ2) is 16.6. The van der Waals surface area contributed by atoms with E-state index in [0.29, 0.717) is 0 Å². The van der Waals surface area contributed by atoms with Crippen LogP contribution in [-0.2, 0) is 28.7 Å². The molecule has 0 spiro atoms. The van der Waals surface area contributed by atoms with Gasteiger partial charge in [-0.25, -0.2) is 9.59 Å². The van der Waals surface area contributed by atoms with Gasteiger partial charge in [-0.3, -0.25) is 0 Å². The zero-order valence-electron chi connectivity index (χ0n) is 13.6. The molecule has 0 N–H and O–H groups in total. The first-order valence-corrected chi connectivity index (χ1v) is 6.46. The topological polar surface area (TPSA) is 133 Å². The van der Waals surface area contributed by atoms with E-state index in [-0.39, 0.29) is 51.7 Å². The fourth-order valence-corrected chi connectivity index (χ4v) is 0.966. The Morgan fingerprint density at radius 2 is 1.04 bits per heavy atom. The van der Waals surface area contributed by atoms with Gasteiger partial charge in [0.1, 0.15) is 13.2 Å². The fourth-order valence-electron chi connectivity index (χ4n) is 0.966. The molecule has 0 heterocycles. The molecule has 0 saturated carbocycles. The first-order chi connectivity index (χ1) is 11.1. The van der Waals surface area contributed by atoms with Crippen molar-refractivity contribution in [1.82, 2.24) is 0 Å². The Labute approximate surface area is 165 Å². The van der Waals surface area contributed by atoms with Crippen molar-refractivity contribution < 1.29 is 38.9 Å². The summed E-state index contributed by atoms with van der Waals surface area (Å²) in [4.78, 5) is 41.5. The van der Waals surface area contributed by atoms with Gasteiger partial charge < -0.3 is 29.3 Å². The van der Waals surface area contributed by atoms with E-state index in [1.165, 1.54) is 12.2 Å². The summed E-state index contributed by atoms with van der Waals surface area (Å²) in [6, 6.07) is 0. The zero-order chi connectivity index (χ0) is 19.1. The third-order valence-electron chi connectivity index (χ3n) is 1.96. The normalized spacial score (nSPS) is 8.32. The van der Waals surface area contributed by atoms with Crippen molar-refractivity contribution in [2.24, 2.45) is 0 Å². The molecule has 25 heavy (non-hydrogen) atoms. The molecule has 8 nitrogen and oxygen atoms in total. The summed E-state index contributed by atoms with van der Waals surface area (Å²) in [7, 11) is 0. The van der Waals surface area contributed by atoms with Gasteiger partial charge in [-0.05, 0) is 0 Å². The van der Waals surface area contributed by atoms with Gasteiger partial charge in [-0.2, -0.15) is 0 Å². The number of aliphatic carboxylic acids is 2. The molecule has 0 aliphatic heterocycles. The summed E-state index contributed by atoms with van der Waals surface area (Å²) in [6.45, 7) is 13.2. The summed E-state index contributed by atoms with van der Waals surface area (Å²) in [6.07, 6.45) is 1.75. The van der Waals surface area contributed by atoms with Crippen LogP contribution in [0.3, 0.4) is 0 Å². The molecule has 2 radical (unpaired) electrons. The zero-order valence-corrected chi connectivity index (χ0v) is 17.5. The van der Waals surface area contributed by atoms with Crippen molar-refractivity contribution in [1.29, 1.82) is 0 Å². The Balaban J connectivity index is -0.000000372. The summed E-state index contributed by atoms with van der Waals surface area (Å²) < 4.78 is 9.01. The molecule has 0 fully saturated rings. The Kier molecular flexibility index (Phi) is 18.3. The predicted octanol–water partition coefficient (Wildman–Crippen LogP) is -1.56. The number of carboxylic acid groups (broad SMARTS) is 2. The maximum Gasteiger partial charge on any atom is 2.00 e. The number of carbonyl (C=O) groups is 4. The van der Waals surface area contributed by atoms with Crippen molar-refractivity contribution in [2.45, 2.75) is 12.8 Å². The van der Waals surface area contributed by atoms with Crippen molar-refractivity contribution in [3.05, 3.63) is 49.6 Å². The van der Waals surface area contributed by atoms with Gasteiger partial charge in [0.05, 0.1) is 0 Å². The van der Waals surface area contributed by atoms with E-state index in [2.05, 4.69) is 35.8 Å². The van der Waals surface area contributed by atoms with Crippen LogP contribution in [0.15, 0.2) is 49.6 Å². The number of ether oxygens (including phenoxy) is 2. The smallest absolute Gasteiger partial charge is 0.550 e. The molecule has 9 heteroatoms. The largest absolute Gasteiger partial charge is 2.00 e. The van der Waals surface area contributed by atoms with Crippen LogP contribution < -0.4 is 10.2 Å². The van der Waals surface area contributed by atoms with E-state index >= 15 is 0 Å². The Morgan fingerprint density at radius 1 is 0.760 bits per heavy atom. The quantitative estimate of drug-likeness (QED) is 0.139. The third-order valence-corrected chi connectivity index (χ3v) is 1.96. The molecule has 0 amide bonds. The monoisotopic (exact) mass is 546 g/mol. The van der Waals surface area contributed by atoms with E-state index in [1.54, 1.807) is 0 Å². The number of hydrogen-bond acceptors (Lipinski definition) is 8. The predicted molar refractivity (Wildman–Crippen MR) is 85.6 cm³/mol. The minimum absolute atomic E-state index is 0. The van der Waals surface area contributed by atoms with Crippen LogP contribution in [-0.4, -0.2) is 64.4 Å². The van der Waals surface area contributed by atoms with Crippen LogP contribution in [0.4, 0.5) is 0 Å². The van der Waals surface area contributed by atoms with Crippen molar-refractivity contribution in [2.75, 3.05) is 13.2 Å². The number of hydrogen-bond donors (Lipinski definition) is 0. The minimum atomic E-state index is -1.35. The fraction of sp³-hybridized carbons (Fsp3) is 0.250. The summed E-state index contributed by atoms with van der Waals surface area (Å²) in [5.74, 6) is -4.18. The second-order valence-corrected chi connectivity index (χ2v) is 4.08. The van der Waals surface area contributed by atoms with Gasteiger partial charge >= 0.3 is 39.2 Å². The van der Waals surface area contributed by atoms with Gasteiger partial charge in [0.25, 0.3) is 0 Å². The van der Waals surface area contributed by atoms with Gasteiger partial charge in [0.15, 0.2) is 0 Å².